The molecule has 4 rings (SSSR count). The van der Waals surface area contributed by atoms with E-state index in [9.17, 15) is 0 Å². The first-order valence-electron chi connectivity index (χ1n) is 6.84. The van der Waals surface area contributed by atoms with E-state index in [0.29, 0.717) is 11.7 Å². The van der Waals surface area contributed by atoms with Crippen LogP contribution in [0.1, 0.15) is 25.2 Å². The summed E-state index contributed by atoms with van der Waals surface area (Å²) < 4.78 is 5.58. The van der Waals surface area contributed by atoms with Crippen molar-refractivity contribution < 1.29 is 4.52 Å². The van der Waals surface area contributed by atoms with Gasteiger partial charge in [0.2, 0.25) is 11.7 Å². The van der Waals surface area contributed by atoms with Gasteiger partial charge in [0, 0.05) is 24.5 Å². The number of nitrogens with one attached hydrogen (secondary N) is 1. The largest absolute Gasteiger partial charge is 0.338 e. The maximum atomic E-state index is 5.58. The Balaban J connectivity index is 1.72. The van der Waals surface area contributed by atoms with E-state index in [0.717, 1.165) is 31.0 Å². The van der Waals surface area contributed by atoms with Gasteiger partial charge in [-0.3, -0.25) is 4.98 Å². The van der Waals surface area contributed by atoms with Crippen molar-refractivity contribution in [1.82, 2.24) is 20.4 Å². The fraction of sp³-hybridized carbons (Fsp3) is 0.500. The lowest BCUT2D eigenvalue weighted by Gasteiger charge is -2.22. The Kier molecular flexibility index (Phi) is 2.41. The van der Waals surface area contributed by atoms with Gasteiger partial charge >= 0.3 is 0 Å². The van der Waals surface area contributed by atoms with Crippen LogP contribution in [0, 0.1) is 5.92 Å². The molecular formula is C14H16N4O. The summed E-state index contributed by atoms with van der Waals surface area (Å²) in [7, 11) is 0. The van der Waals surface area contributed by atoms with E-state index in [1.165, 1.54) is 12.8 Å². The minimum atomic E-state index is 0.0768. The van der Waals surface area contributed by atoms with Crippen molar-refractivity contribution in [2.75, 3.05) is 13.1 Å². The monoisotopic (exact) mass is 256 g/mol. The second-order valence-electron chi connectivity index (χ2n) is 5.54. The highest BCUT2D eigenvalue weighted by Gasteiger charge is 2.51. The molecule has 0 spiro atoms. The molecule has 0 amide bonds. The van der Waals surface area contributed by atoms with Crippen molar-refractivity contribution in [3.63, 3.8) is 0 Å². The van der Waals surface area contributed by atoms with E-state index < -0.39 is 0 Å². The van der Waals surface area contributed by atoms with E-state index in [-0.39, 0.29) is 5.41 Å². The predicted molar refractivity (Wildman–Crippen MR) is 69.4 cm³/mol. The van der Waals surface area contributed by atoms with E-state index in [1.807, 2.05) is 12.1 Å². The van der Waals surface area contributed by atoms with E-state index in [4.69, 9.17) is 4.52 Å². The van der Waals surface area contributed by atoms with Crippen LogP contribution in [-0.4, -0.2) is 28.2 Å². The molecule has 0 bridgehead atoms. The minimum Gasteiger partial charge on any atom is -0.338 e. The molecule has 0 unspecified atom stereocenters. The van der Waals surface area contributed by atoms with Gasteiger partial charge < -0.3 is 9.84 Å². The van der Waals surface area contributed by atoms with Crippen LogP contribution in [0.25, 0.3) is 11.4 Å². The summed E-state index contributed by atoms with van der Waals surface area (Å²) in [5.74, 6) is 2.10. The van der Waals surface area contributed by atoms with Crippen molar-refractivity contribution in [2.45, 2.75) is 24.7 Å². The zero-order valence-corrected chi connectivity index (χ0v) is 10.7. The van der Waals surface area contributed by atoms with Crippen molar-refractivity contribution in [3.05, 3.63) is 30.4 Å². The normalized spacial score (nSPS) is 29.6. The Morgan fingerprint density at radius 3 is 3.32 bits per heavy atom. The molecule has 1 saturated heterocycles. The van der Waals surface area contributed by atoms with E-state index in [2.05, 4.69) is 20.4 Å². The summed E-state index contributed by atoms with van der Waals surface area (Å²) in [4.78, 5) is 8.74. The summed E-state index contributed by atoms with van der Waals surface area (Å²) in [6.07, 6.45) is 7.19. The zero-order valence-electron chi connectivity index (χ0n) is 10.7. The van der Waals surface area contributed by atoms with Gasteiger partial charge in [-0.1, -0.05) is 11.6 Å². The molecule has 1 saturated carbocycles. The molecule has 19 heavy (non-hydrogen) atoms. The maximum absolute atomic E-state index is 5.58. The average Bonchev–Trinajstić information content (AvgIpc) is 3.14. The molecule has 1 N–H and O–H groups in total. The lowest BCUT2D eigenvalue weighted by Crippen LogP contribution is -2.31. The van der Waals surface area contributed by atoms with Gasteiger partial charge in [-0.2, -0.15) is 4.98 Å². The van der Waals surface area contributed by atoms with Crippen LogP contribution in [0.4, 0.5) is 0 Å². The number of rotatable bonds is 2. The zero-order chi connectivity index (χ0) is 12.7. The second-order valence-corrected chi connectivity index (χ2v) is 5.54. The summed E-state index contributed by atoms with van der Waals surface area (Å²) >= 11 is 0. The lowest BCUT2D eigenvalue weighted by molar-refractivity contribution is 0.265. The molecule has 3 heterocycles. The molecular weight excluding hydrogens is 240 g/mol. The third kappa shape index (κ3) is 1.61. The highest BCUT2D eigenvalue weighted by Crippen LogP contribution is 2.47. The molecule has 5 nitrogen and oxygen atoms in total. The van der Waals surface area contributed by atoms with Crippen molar-refractivity contribution in [3.8, 4) is 11.4 Å². The van der Waals surface area contributed by atoms with Gasteiger partial charge in [-0.15, -0.1) is 0 Å². The summed E-state index contributed by atoms with van der Waals surface area (Å²) in [6.45, 7) is 2.04. The lowest BCUT2D eigenvalue weighted by atomic mass is 9.80. The predicted octanol–water partition coefficient (Wildman–Crippen LogP) is 1.77. The first-order chi connectivity index (χ1) is 9.38. The first kappa shape index (κ1) is 11.1. The maximum Gasteiger partial charge on any atom is 0.234 e. The molecule has 2 atom stereocenters. The number of hydrogen-bond acceptors (Lipinski definition) is 5. The molecule has 2 aromatic heterocycles. The van der Waals surface area contributed by atoms with Crippen molar-refractivity contribution in [1.29, 1.82) is 0 Å². The standard InChI is InChI=1S/C14H16N4O/c1-4-11-8-16-9-14(11,5-1)13-17-12(18-19-13)10-3-2-6-15-7-10/h2-3,6-7,11,16H,1,4-5,8-9H2/t11-,14+/m1/s1. The smallest absolute Gasteiger partial charge is 0.234 e. The molecule has 2 aromatic rings. The van der Waals surface area contributed by atoms with Crippen LogP contribution in [-0.2, 0) is 5.41 Å². The highest BCUT2D eigenvalue weighted by molar-refractivity contribution is 5.52. The SMILES string of the molecule is c1cncc(-c2noc([C@]34CCC[C@@H]3CNC4)n2)c1. The second kappa shape index (κ2) is 4.13. The first-order valence-corrected chi connectivity index (χ1v) is 6.84. The molecule has 1 aliphatic heterocycles. The topological polar surface area (TPSA) is 63.8 Å². The molecule has 2 aliphatic rings. The number of fused-ring (bicyclic) bond motifs is 1. The van der Waals surface area contributed by atoms with Crippen LogP contribution in [0.2, 0.25) is 0 Å². The molecule has 5 heteroatoms. The third-order valence-electron chi connectivity index (χ3n) is 4.56. The molecule has 1 aliphatic carbocycles. The number of aromatic nitrogens is 3. The summed E-state index contributed by atoms with van der Waals surface area (Å²) in [5.41, 5.74) is 0.988. The van der Waals surface area contributed by atoms with Gasteiger partial charge in [-0.25, -0.2) is 0 Å². The van der Waals surface area contributed by atoms with Crippen molar-refractivity contribution in [2.24, 2.45) is 5.92 Å². The number of pyridine rings is 1. The Morgan fingerprint density at radius 1 is 1.42 bits per heavy atom. The molecule has 2 fully saturated rings. The number of nitrogens with zero attached hydrogens (tertiary/aromatic N) is 3. The summed E-state index contributed by atoms with van der Waals surface area (Å²) in [6, 6.07) is 3.84. The Bertz CT molecular complexity index is 570. The Labute approximate surface area is 111 Å². The van der Waals surface area contributed by atoms with Gasteiger partial charge in [-0.05, 0) is 37.4 Å². The minimum absolute atomic E-state index is 0.0768. The van der Waals surface area contributed by atoms with E-state index >= 15 is 0 Å². The third-order valence-corrected chi connectivity index (χ3v) is 4.56. The van der Waals surface area contributed by atoms with E-state index in [1.54, 1.807) is 12.4 Å². The highest BCUT2D eigenvalue weighted by atomic mass is 16.5. The Hall–Kier alpha value is -1.75. The summed E-state index contributed by atoms with van der Waals surface area (Å²) in [5, 5.41) is 7.60. The van der Waals surface area contributed by atoms with Crippen molar-refractivity contribution >= 4 is 0 Å². The van der Waals surface area contributed by atoms with Gasteiger partial charge in [0.25, 0.3) is 0 Å². The fourth-order valence-electron chi connectivity index (χ4n) is 3.54. The van der Waals surface area contributed by atoms with Crippen LogP contribution in [0.5, 0.6) is 0 Å². The van der Waals surface area contributed by atoms with Gasteiger partial charge in [0.05, 0.1) is 5.41 Å². The Morgan fingerprint density at radius 2 is 2.42 bits per heavy atom. The quantitative estimate of drug-likeness (QED) is 0.887. The molecule has 98 valence electrons. The molecule has 0 aromatic carbocycles. The van der Waals surface area contributed by atoms with Crippen LogP contribution < -0.4 is 5.32 Å². The average molecular weight is 256 g/mol. The van der Waals surface area contributed by atoms with Crippen LogP contribution in [0.3, 0.4) is 0 Å². The number of hydrogen-bond donors (Lipinski definition) is 1. The van der Waals surface area contributed by atoms with Crippen LogP contribution in [0.15, 0.2) is 29.0 Å². The van der Waals surface area contributed by atoms with Gasteiger partial charge in [0.1, 0.15) is 0 Å². The fourth-order valence-corrected chi connectivity index (χ4v) is 3.54. The van der Waals surface area contributed by atoms with Crippen LogP contribution >= 0.6 is 0 Å². The molecule has 0 radical (unpaired) electrons. The van der Waals surface area contributed by atoms with Gasteiger partial charge in [0.15, 0.2) is 0 Å².